The van der Waals surface area contributed by atoms with Gasteiger partial charge in [-0.3, -0.25) is 0 Å². The van der Waals surface area contributed by atoms with Gasteiger partial charge in [0, 0.05) is 17.8 Å². The van der Waals surface area contributed by atoms with E-state index in [2.05, 4.69) is 4.98 Å². The summed E-state index contributed by atoms with van der Waals surface area (Å²) in [4.78, 5) is 14.5. The first-order chi connectivity index (χ1) is 6.16. The molecule has 0 bridgehead atoms. The van der Waals surface area contributed by atoms with Crippen LogP contribution in [0.1, 0.15) is 35.4 Å². The Kier molecular flexibility index (Phi) is 2.97. The van der Waals surface area contributed by atoms with Crippen molar-refractivity contribution in [3.63, 3.8) is 0 Å². The van der Waals surface area contributed by atoms with Crippen molar-refractivity contribution in [2.24, 2.45) is 5.73 Å². The summed E-state index contributed by atoms with van der Waals surface area (Å²) >= 11 is 0. The van der Waals surface area contributed by atoms with Gasteiger partial charge in [0.15, 0.2) is 5.69 Å². The van der Waals surface area contributed by atoms with Gasteiger partial charge in [-0.1, -0.05) is 13.0 Å². The van der Waals surface area contributed by atoms with Crippen LogP contribution in [0.25, 0.3) is 0 Å². The highest BCUT2D eigenvalue weighted by Gasteiger charge is 2.14. The summed E-state index contributed by atoms with van der Waals surface area (Å²) in [5.74, 6) is -1.03. The van der Waals surface area contributed by atoms with Crippen LogP contribution in [-0.4, -0.2) is 16.1 Å². The first-order valence-corrected chi connectivity index (χ1v) is 4.10. The molecule has 1 atom stereocenters. The van der Waals surface area contributed by atoms with Crippen molar-refractivity contribution < 1.29 is 9.90 Å². The van der Waals surface area contributed by atoms with Gasteiger partial charge in [0.25, 0.3) is 0 Å². The fourth-order valence-electron chi connectivity index (χ4n) is 1.12. The Bertz CT molecular complexity index is 312. The third kappa shape index (κ3) is 2.03. The molecule has 0 spiro atoms. The number of carboxylic acid groups (broad SMARTS) is 1. The zero-order valence-corrected chi connectivity index (χ0v) is 7.40. The summed E-state index contributed by atoms with van der Waals surface area (Å²) in [6.07, 6.45) is 2.15. The van der Waals surface area contributed by atoms with E-state index in [1.807, 2.05) is 6.92 Å². The standard InChI is InChI=1S/C9H12N2O2/c1-2-7(10)6-4-3-5-11-8(6)9(12)13/h3-5,7H,2,10H2,1H3,(H,12,13). The Hall–Kier alpha value is -1.42. The van der Waals surface area contributed by atoms with Crippen molar-refractivity contribution in [2.75, 3.05) is 0 Å². The van der Waals surface area contributed by atoms with E-state index in [9.17, 15) is 4.79 Å². The maximum absolute atomic E-state index is 10.7. The van der Waals surface area contributed by atoms with Crippen molar-refractivity contribution in [2.45, 2.75) is 19.4 Å². The molecule has 1 aromatic heterocycles. The van der Waals surface area contributed by atoms with E-state index >= 15 is 0 Å². The summed E-state index contributed by atoms with van der Waals surface area (Å²) in [5, 5.41) is 8.79. The lowest BCUT2D eigenvalue weighted by atomic mass is 10.0. The molecule has 0 saturated heterocycles. The Morgan fingerprint density at radius 3 is 3.00 bits per heavy atom. The third-order valence-electron chi connectivity index (χ3n) is 1.88. The molecule has 0 radical (unpaired) electrons. The minimum atomic E-state index is -1.03. The molecule has 70 valence electrons. The van der Waals surface area contributed by atoms with Crippen molar-refractivity contribution in [1.82, 2.24) is 4.98 Å². The van der Waals surface area contributed by atoms with Gasteiger partial charge in [-0.05, 0) is 12.5 Å². The number of aromatic carboxylic acids is 1. The predicted molar refractivity (Wildman–Crippen MR) is 48.4 cm³/mol. The van der Waals surface area contributed by atoms with E-state index in [1.165, 1.54) is 6.20 Å². The largest absolute Gasteiger partial charge is 0.477 e. The number of aromatic nitrogens is 1. The number of hydrogen-bond acceptors (Lipinski definition) is 3. The molecular formula is C9H12N2O2. The van der Waals surface area contributed by atoms with Crippen LogP contribution in [0.2, 0.25) is 0 Å². The molecule has 1 aromatic rings. The van der Waals surface area contributed by atoms with Crippen molar-refractivity contribution >= 4 is 5.97 Å². The molecule has 0 aromatic carbocycles. The molecule has 0 aliphatic carbocycles. The zero-order chi connectivity index (χ0) is 9.84. The normalized spacial score (nSPS) is 12.5. The molecule has 0 amide bonds. The molecule has 4 heteroatoms. The number of nitrogens with zero attached hydrogens (tertiary/aromatic N) is 1. The van der Waals surface area contributed by atoms with Crippen molar-refractivity contribution in [3.05, 3.63) is 29.6 Å². The Balaban J connectivity index is 3.11. The highest BCUT2D eigenvalue weighted by atomic mass is 16.4. The number of hydrogen-bond donors (Lipinski definition) is 2. The lowest BCUT2D eigenvalue weighted by molar-refractivity contribution is 0.0688. The van der Waals surface area contributed by atoms with Crippen LogP contribution in [0.3, 0.4) is 0 Å². The summed E-state index contributed by atoms with van der Waals surface area (Å²) in [6, 6.07) is 3.14. The van der Waals surface area contributed by atoms with Gasteiger partial charge in [0.1, 0.15) is 0 Å². The Morgan fingerprint density at radius 1 is 1.77 bits per heavy atom. The van der Waals surface area contributed by atoms with Gasteiger partial charge >= 0.3 is 5.97 Å². The highest BCUT2D eigenvalue weighted by molar-refractivity contribution is 5.87. The summed E-state index contributed by atoms with van der Waals surface area (Å²) in [5.41, 5.74) is 6.38. The van der Waals surface area contributed by atoms with Gasteiger partial charge in [0.05, 0.1) is 0 Å². The second kappa shape index (κ2) is 4.00. The average molecular weight is 180 g/mol. The monoisotopic (exact) mass is 180 g/mol. The second-order valence-corrected chi connectivity index (χ2v) is 2.76. The Morgan fingerprint density at radius 2 is 2.46 bits per heavy atom. The van der Waals surface area contributed by atoms with E-state index in [0.29, 0.717) is 12.0 Å². The number of carboxylic acids is 1. The molecule has 0 aliphatic rings. The highest BCUT2D eigenvalue weighted by Crippen LogP contribution is 2.16. The fourth-order valence-corrected chi connectivity index (χ4v) is 1.12. The van der Waals surface area contributed by atoms with Crippen LogP contribution >= 0.6 is 0 Å². The molecular weight excluding hydrogens is 168 g/mol. The fraction of sp³-hybridized carbons (Fsp3) is 0.333. The van der Waals surface area contributed by atoms with Crippen LogP contribution in [0.15, 0.2) is 18.3 Å². The van der Waals surface area contributed by atoms with E-state index in [1.54, 1.807) is 12.1 Å². The van der Waals surface area contributed by atoms with Gasteiger partial charge < -0.3 is 10.8 Å². The summed E-state index contributed by atoms with van der Waals surface area (Å²) in [7, 11) is 0. The minimum absolute atomic E-state index is 0.0526. The van der Waals surface area contributed by atoms with Crippen LogP contribution in [0.4, 0.5) is 0 Å². The molecule has 1 rings (SSSR count). The molecule has 13 heavy (non-hydrogen) atoms. The summed E-state index contributed by atoms with van der Waals surface area (Å²) in [6.45, 7) is 1.91. The van der Waals surface area contributed by atoms with E-state index in [4.69, 9.17) is 10.8 Å². The van der Waals surface area contributed by atoms with E-state index < -0.39 is 5.97 Å². The minimum Gasteiger partial charge on any atom is -0.477 e. The molecule has 0 aliphatic heterocycles. The Labute approximate surface area is 76.4 Å². The maximum Gasteiger partial charge on any atom is 0.354 e. The van der Waals surface area contributed by atoms with Crippen LogP contribution in [0.5, 0.6) is 0 Å². The molecule has 1 unspecified atom stereocenters. The first kappa shape index (κ1) is 9.67. The van der Waals surface area contributed by atoms with Crippen LogP contribution in [-0.2, 0) is 0 Å². The van der Waals surface area contributed by atoms with Gasteiger partial charge in [-0.15, -0.1) is 0 Å². The van der Waals surface area contributed by atoms with Crippen LogP contribution < -0.4 is 5.73 Å². The van der Waals surface area contributed by atoms with E-state index in [-0.39, 0.29) is 11.7 Å². The first-order valence-electron chi connectivity index (χ1n) is 4.10. The average Bonchev–Trinajstić information content (AvgIpc) is 2.16. The SMILES string of the molecule is CCC(N)c1cccnc1C(=O)O. The summed E-state index contributed by atoms with van der Waals surface area (Å²) < 4.78 is 0. The van der Waals surface area contributed by atoms with Crippen molar-refractivity contribution in [3.8, 4) is 0 Å². The predicted octanol–water partition coefficient (Wildman–Crippen LogP) is 1.19. The molecule has 0 saturated carbocycles. The number of pyridine rings is 1. The smallest absolute Gasteiger partial charge is 0.354 e. The van der Waals surface area contributed by atoms with Gasteiger partial charge in [-0.25, -0.2) is 9.78 Å². The van der Waals surface area contributed by atoms with Crippen molar-refractivity contribution in [1.29, 1.82) is 0 Å². The number of carbonyl (C=O) groups is 1. The maximum atomic E-state index is 10.7. The molecule has 0 fully saturated rings. The quantitative estimate of drug-likeness (QED) is 0.732. The van der Waals surface area contributed by atoms with Gasteiger partial charge in [-0.2, -0.15) is 0 Å². The molecule has 4 nitrogen and oxygen atoms in total. The lowest BCUT2D eigenvalue weighted by Gasteiger charge is -2.10. The zero-order valence-electron chi connectivity index (χ0n) is 7.40. The molecule has 3 N–H and O–H groups in total. The molecule has 1 heterocycles. The number of rotatable bonds is 3. The van der Waals surface area contributed by atoms with Gasteiger partial charge in [0.2, 0.25) is 0 Å². The number of nitrogens with two attached hydrogens (primary N) is 1. The topological polar surface area (TPSA) is 76.2 Å². The second-order valence-electron chi connectivity index (χ2n) is 2.76. The van der Waals surface area contributed by atoms with E-state index in [0.717, 1.165) is 0 Å². The lowest BCUT2D eigenvalue weighted by Crippen LogP contribution is -2.15. The van der Waals surface area contributed by atoms with Crippen LogP contribution in [0, 0.1) is 0 Å². The third-order valence-corrected chi connectivity index (χ3v) is 1.88.